The molecule has 0 aliphatic rings. The van der Waals surface area contributed by atoms with Crippen molar-refractivity contribution < 1.29 is 0 Å². The number of rotatable bonds is 5. The van der Waals surface area contributed by atoms with Crippen LogP contribution in [0.1, 0.15) is 45.7 Å². The van der Waals surface area contributed by atoms with Gasteiger partial charge in [0.2, 0.25) is 0 Å². The van der Waals surface area contributed by atoms with E-state index in [1.165, 1.54) is 16.7 Å². The Morgan fingerprint density at radius 1 is 1.23 bits per heavy atom. The van der Waals surface area contributed by atoms with Crippen LogP contribution in [0.25, 0.3) is 6.08 Å². The molecule has 0 bridgehead atoms. The molecule has 0 aromatic heterocycles. The normalized spacial score (nSPS) is 11.4. The molecule has 1 aromatic carbocycles. The van der Waals surface area contributed by atoms with Crippen LogP contribution in [0.5, 0.6) is 0 Å². The molecule has 0 saturated heterocycles. The monoisotopic (exact) mass is 295 g/mol. The molecule has 0 atom stereocenters. The van der Waals surface area contributed by atoms with E-state index in [9.17, 15) is 0 Å². The standard InChI is InChI=1S/C21H29N/c1-18(2)15-19-11-10-12-20(16-19)17-22(6)14-9-7-8-13-21(3,4)5/h7,9-12,15-16H,14,17H2,1-6H3. The highest BCUT2D eigenvalue weighted by Gasteiger charge is 2.02. The minimum atomic E-state index is 0.0710. The Morgan fingerprint density at radius 3 is 2.59 bits per heavy atom. The second-order valence-electron chi connectivity index (χ2n) is 7.09. The lowest BCUT2D eigenvalue weighted by Crippen LogP contribution is -2.17. The van der Waals surface area contributed by atoms with Crippen molar-refractivity contribution >= 4 is 6.08 Å². The smallest absolute Gasteiger partial charge is 0.0234 e. The van der Waals surface area contributed by atoms with Crippen LogP contribution in [0.2, 0.25) is 0 Å². The van der Waals surface area contributed by atoms with Crippen LogP contribution < -0.4 is 0 Å². The van der Waals surface area contributed by atoms with Crippen LogP contribution in [0.4, 0.5) is 0 Å². The van der Waals surface area contributed by atoms with Gasteiger partial charge in [0.1, 0.15) is 0 Å². The number of hydrogen-bond donors (Lipinski definition) is 0. The fraction of sp³-hybridized carbons (Fsp3) is 0.429. The van der Waals surface area contributed by atoms with Crippen molar-refractivity contribution in [3.8, 4) is 11.8 Å². The van der Waals surface area contributed by atoms with Crippen LogP contribution in [0, 0.1) is 17.3 Å². The summed E-state index contributed by atoms with van der Waals surface area (Å²) < 4.78 is 0. The molecule has 0 fully saturated rings. The van der Waals surface area contributed by atoms with E-state index in [1.807, 2.05) is 6.08 Å². The van der Waals surface area contributed by atoms with Gasteiger partial charge in [0.05, 0.1) is 0 Å². The number of benzene rings is 1. The summed E-state index contributed by atoms with van der Waals surface area (Å²) in [6, 6.07) is 8.72. The Balaban J connectivity index is 2.55. The molecular weight excluding hydrogens is 266 g/mol. The van der Waals surface area contributed by atoms with Crippen molar-refractivity contribution in [2.75, 3.05) is 13.6 Å². The molecule has 0 aliphatic carbocycles. The summed E-state index contributed by atoms with van der Waals surface area (Å²) in [6.07, 6.45) is 6.30. The third-order valence-corrected chi connectivity index (χ3v) is 2.92. The number of likely N-dealkylation sites (N-methyl/N-ethyl adjacent to an activating group) is 1. The number of hydrogen-bond acceptors (Lipinski definition) is 1. The second kappa shape index (κ2) is 8.61. The molecule has 0 N–H and O–H groups in total. The second-order valence-corrected chi connectivity index (χ2v) is 7.09. The Kier molecular flexibility index (Phi) is 7.15. The van der Waals surface area contributed by atoms with Gasteiger partial charge in [0, 0.05) is 18.5 Å². The fourth-order valence-corrected chi connectivity index (χ4v) is 2.04. The summed E-state index contributed by atoms with van der Waals surface area (Å²) in [5.74, 6) is 6.32. The molecular formula is C21H29N. The quantitative estimate of drug-likeness (QED) is 0.679. The summed E-state index contributed by atoms with van der Waals surface area (Å²) in [6.45, 7) is 12.5. The van der Waals surface area contributed by atoms with E-state index in [0.29, 0.717) is 0 Å². The predicted molar refractivity (Wildman–Crippen MR) is 98.5 cm³/mol. The first-order valence-corrected chi connectivity index (χ1v) is 7.86. The number of allylic oxidation sites excluding steroid dienone is 2. The summed E-state index contributed by atoms with van der Waals surface area (Å²) in [5, 5.41) is 0. The highest BCUT2D eigenvalue weighted by Crippen LogP contribution is 2.11. The Bertz CT molecular complexity index is 584. The first kappa shape index (κ1) is 18.3. The summed E-state index contributed by atoms with van der Waals surface area (Å²) in [7, 11) is 2.13. The van der Waals surface area contributed by atoms with Gasteiger partial charge in [-0.1, -0.05) is 53.8 Å². The summed E-state index contributed by atoms with van der Waals surface area (Å²) >= 11 is 0. The van der Waals surface area contributed by atoms with Gasteiger partial charge >= 0.3 is 0 Å². The molecule has 1 heteroatoms. The highest BCUT2D eigenvalue weighted by atomic mass is 15.1. The molecule has 0 aliphatic heterocycles. The average molecular weight is 295 g/mol. The first-order valence-electron chi connectivity index (χ1n) is 7.86. The Morgan fingerprint density at radius 2 is 1.95 bits per heavy atom. The van der Waals surface area contributed by atoms with E-state index in [0.717, 1.165) is 13.1 Å². The molecule has 1 rings (SSSR count). The largest absolute Gasteiger partial charge is 0.298 e. The SMILES string of the molecule is CC(C)=Cc1cccc(CN(C)CC=CC#CC(C)(C)C)c1. The fourth-order valence-electron chi connectivity index (χ4n) is 2.04. The van der Waals surface area contributed by atoms with Crippen LogP contribution >= 0.6 is 0 Å². The van der Waals surface area contributed by atoms with E-state index in [4.69, 9.17) is 0 Å². The summed E-state index contributed by atoms with van der Waals surface area (Å²) in [4.78, 5) is 2.29. The lowest BCUT2D eigenvalue weighted by atomic mass is 9.98. The first-order chi connectivity index (χ1) is 10.3. The Hall–Kier alpha value is -1.78. The topological polar surface area (TPSA) is 3.24 Å². The molecule has 22 heavy (non-hydrogen) atoms. The predicted octanol–water partition coefficient (Wildman–Crippen LogP) is 5.15. The van der Waals surface area contributed by atoms with Crippen molar-refractivity contribution in [3.63, 3.8) is 0 Å². The number of nitrogens with zero attached hydrogens (tertiary/aromatic N) is 1. The van der Waals surface area contributed by atoms with Crippen molar-refractivity contribution in [2.24, 2.45) is 5.41 Å². The van der Waals surface area contributed by atoms with E-state index >= 15 is 0 Å². The average Bonchev–Trinajstić information content (AvgIpc) is 2.36. The molecule has 0 unspecified atom stereocenters. The van der Waals surface area contributed by atoms with Crippen LogP contribution in [0.3, 0.4) is 0 Å². The zero-order chi connectivity index (χ0) is 16.6. The van der Waals surface area contributed by atoms with Crippen molar-refractivity contribution in [1.82, 2.24) is 4.90 Å². The van der Waals surface area contributed by atoms with Gasteiger partial charge in [-0.3, -0.25) is 4.90 Å². The van der Waals surface area contributed by atoms with Gasteiger partial charge in [-0.25, -0.2) is 0 Å². The van der Waals surface area contributed by atoms with Crippen molar-refractivity contribution in [3.05, 3.63) is 53.1 Å². The minimum absolute atomic E-state index is 0.0710. The lowest BCUT2D eigenvalue weighted by molar-refractivity contribution is 0.363. The molecule has 1 nitrogen and oxygen atoms in total. The van der Waals surface area contributed by atoms with Gasteiger partial charge in [-0.05, 0) is 58.9 Å². The van der Waals surface area contributed by atoms with E-state index < -0.39 is 0 Å². The molecule has 0 heterocycles. The molecule has 0 radical (unpaired) electrons. The highest BCUT2D eigenvalue weighted by molar-refractivity contribution is 5.52. The third kappa shape index (κ3) is 8.49. The zero-order valence-corrected chi connectivity index (χ0v) is 14.9. The van der Waals surface area contributed by atoms with Gasteiger partial charge in [0.15, 0.2) is 0 Å². The van der Waals surface area contributed by atoms with Crippen LogP contribution in [-0.4, -0.2) is 18.5 Å². The molecule has 118 valence electrons. The minimum Gasteiger partial charge on any atom is -0.298 e. The maximum absolute atomic E-state index is 3.21. The van der Waals surface area contributed by atoms with Gasteiger partial charge in [-0.2, -0.15) is 0 Å². The van der Waals surface area contributed by atoms with Crippen molar-refractivity contribution in [1.29, 1.82) is 0 Å². The zero-order valence-electron chi connectivity index (χ0n) is 14.9. The maximum atomic E-state index is 3.21. The lowest BCUT2D eigenvalue weighted by Gasteiger charge is -2.14. The van der Waals surface area contributed by atoms with E-state index in [1.54, 1.807) is 0 Å². The van der Waals surface area contributed by atoms with E-state index in [2.05, 4.69) is 94.8 Å². The maximum Gasteiger partial charge on any atom is 0.0234 e. The van der Waals surface area contributed by atoms with Crippen LogP contribution in [0.15, 0.2) is 42.0 Å². The van der Waals surface area contributed by atoms with E-state index in [-0.39, 0.29) is 5.41 Å². The van der Waals surface area contributed by atoms with Crippen molar-refractivity contribution in [2.45, 2.75) is 41.2 Å². The summed E-state index contributed by atoms with van der Waals surface area (Å²) in [5.41, 5.74) is 4.01. The third-order valence-electron chi connectivity index (χ3n) is 2.92. The van der Waals surface area contributed by atoms with Gasteiger partial charge in [-0.15, -0.1) is 0 Å². The van der Waals surface area contributed by atoms with Gasteiger partial charge < -0.3 is 0 Å². The van der Waals surface area contributed by atoms with Crippen LogP contribution in [-0.2, 0) is 6.54 Å². The Labute approximate surface area is 136 Å². The molecule has 0 saturated carbocycles. The molecule has 0 spiro atoms. The molecule has 1 aromatic rings. The molecule has 0 amide bonds. The van der Waals surface area contributed by atoms with Gasteiger partial charge in [0.25, 0.3) is 0 Å².